The molecule has 1 aromatic carbocycles. The first-order valence-electron chi connectivity index (χ1n) is 6.26. The van der Waals surface area contributed by atoms with Crippen LogP contribution in [0.1, 0.15) is 12.8 Å². The van der Waals surface area contributed by atoms with E-state index in [0.717, 1.165) is 37.3 Å². The summed E-state index contributed by atoms with van der Waals surface area (Å²) < 4.78 is 11.4. The zero-order valence-electron chi connectivity index (χ0n) is 10.2. The quantitative estimate of drug-likeness (QED) is 0.794. The van der Waals surface area contributed by atoms with Gasteiger partial charge in [0.2, 0.25) is 0 Å². The molecule has 2 heterocycles. The minimum atomic E-state index is -0.336. The summed E-state index contributed by atoms with van der Waals surface area (Å²) in [6.07, 6.45) is 1.77. The molecular formula is C13H17ClN2O2. The van der Waals surface area contributed by atoms with Gasteiger partial charge < -0.3 is 20.1 Å². The number of anilines is 2. The van der Waals surface area contributed by atoms with Crippen molar-refractivity contribution < 1.29 is 9.47 Å². The molecule has 1 aromatic rings. The third-order valence-electron chi connectivity index (χ3n) is 3.67. The number of halogens is 1. The number of nitrogens with zero attached hydrogens (tertiary/aromatic N) is 1. The summed E-state index contributed by atoms with van der Waals surface area (Å²) >= 11 is 5.92. The summed E-state index contributed by atoms with van der Waals surface area (Å²) in [6, 6.07) is 5.65. The monoisotopic (exact) mass is 268 g/mol. The van der Waals surface area contributed by atoms with Crippen LogP contribution >= 0.6 is 11.6 Å². The van der Waals surface area contributed by atoms with Gasteiger partial charge in [-0.15, -0.1) is 0 Å². The molecule has 2 saturated heterocycles. The van der Waals surface area contributed by atoms with Gasteiger partial charge in [0.25, 0.3) is 0 Å². The molecule has 2 N–H and O–H groups in total. The Labute approximate surface area is 112 Å². The van der Waals surface area contributed by atoms with Crippen LogP contribution in [-0.2, 0) is 9.47 Å². The van der Waals surface area contributed by atoms with Gasteiger partial charge in [0, 0.05) is 31.0 Å². The average molecular weight is 269 g/mol. The lowest BCUT2D eigenvalue weighted by Crippen LogP contribution is -2.45. The molecule has 0 unspecified atom stereocenters. The molecule has 0 radical (unpaired) electrons. The Morgan fingerprint density at radius 1 is 1.17 bits per heavy atom. The van der Waals surface area contributed by atoms with E-state index in [1.807, 2.05) is 12.1 Å². The van der Waals surface area contributed by atoms with Gasteiger partial charge in [-0.3, -0.25) is 0 Å². The van der Waals surface area contributed by atoms with Crippen molar-refractivity contribution in [2.75, 3.05) is 36.9 Å². The molecule has 5 heteroatoms. The number of rotatable bonds is 1. The van der Waals surface area contributed by atoms with Crippen LogP contribution in [0, 0.1) is 0 Å². The van der Waals surface area contributed by atoms with Gasteiger partial charge in [0.1, 0.15) is 0 Å². The highest BCUT2D eigenvalue weighted by Crippen LogP contribution is 2.35. The predicted molar refractivity (Wildman–Crippen MR) is 71.9 cm³/mol. The topological polar surface area (TPSA) is 47.7 Å². The number of nitrogen functional groups attached to an aromatic ring is 1. The summed E-state index contributed by atoms with van der Waals surface area (Å²) in [5.74, 6) is -0.336. The maximum absolute atomic E-state index is 6.01. The highest BCUT2D eigenvalue weighted by atomic mass is 35.5. The third kappa shape index (κ3) is 2.16. The first-order valence-corrected chi connectivity index (χ1v) is 6.64. The van der Waals surface area contributed by atoms with E-state index in [0.29, 0.717) is 18.2 Å². The number of benzene rings is 1. The average Bonchev–Trinajstić information content (AvgIpc) is 2.80. The Balaban J connectivity index is 1.72. The van der Waals surface area contributed by atoms with Crippen LogP contribution in [0.2, 0.25) is 5.02 Å². The summed E-state index contributed by atoms with van der Waals surface area (Å²) in [7, 11) is 0. The predicted octanol–water partition coefficient (Wildman–Crippen LogP) is 2.27. The van der Waals surface area contributed by atoms with Crippen molar-refractivity contribution in [2.45, 2.75) is 18.6 Å². The molecule has 18 heavy (non-hydrogen) atoms. The molecule has 2 fully saturated rings. The van der Waals surface area contributed by atoms with Crippen LogP contribution < -0.4 is 10.6 Å². The van der Waals surface area contributed by atoms with Gasteiger partial charge in [-0.1, -0.05) is 11.6 Å². The van der Waals surface area contributed by atoms with Crippen LogP contribution in [0.15, 0.2) is 18.2 Å². The van der Waals surface area contributed by atoms with Gasteiger partial charge in [0.15, 0.2) is 5.79 Å². The fourth-order valence-electron chi connectivity index (χ4n) is 2.69. The van der Waals surface area contributed by atoms with Crippen molar-refractivity contribution in [3.8, 4) is 0 Å². The van der Waals surface area contributed by atoms with E-state index in [9.17, 15) is 0 Å². The van der Waals surface area contributed by atoms with Crippen molar-refractivity contribution in [3.05, 3.63) is 23.2 Å². The van der Waals surface area contributed by atoms with E-state index >= 15 is 0 Å². The lowest BCUT2D eigenvalue weighted by molar-refractivity contribution is -0.169. The molecule has 0 bridgehead atoms. The SMILES string of the molecule is Nc1cc(Cl)ccc1N1CCC2(CC1)OCCO2. The van der Waals surface area contributed by atoms with Crippen molar-refractivity contribution in [1.82, 2.24) is 0 Å². The van der Waals surface area contributed by atoms with Crippen molar-refractivity contribution >= 4 is 23.0 Å². The number of hydrogen-bond acceptors (Lipinski definition) is 4. The first kappa shape index (κ1) is 12.1. The number of piperidine rings is 1. The van der Waals surface area contributed by atoms with E-state index in [-0.39, 0.29) is 5.79 Å². The summed E-state index contributed by atoms with van der Waals surface area (Å²) in [5.41, 5.74) is 7.79. The molecule has 98 valence electrons. The molecule has 0 amide bonds. The molecule has 0 saturated carbocycles. The number of nitrogens with two attached hydrogens (primary N) is 1. The van der Waals surface area contributed by atoms with E-state index in [2.05, 4.69) is 4.90 Å². The number of ether oxygens (including phenoxy) is 2. The van der Waals surface area contributed by atoms with Crippen LogP contribution in [0.4, 0.5) is 11.4 Å². The van der Waals surface area contributed by atoms with E-state index in [4.69, 9.17) is 26.8 Å². The van der Waals surface area contributed by atoms with Gasteiger partial charge in [-0.05, 0) is 18.2 Å². The van der Waals surface area contributed by atoms with E-state index in [1.54, 1.807) is 6.07 Å². The van der Waals surface area contributed by atoms with Gasteiger partial charge >= 0.3 is 0 Å². The second-order valence-corrected chi connectivity index (χ2v) is 5.23. The van der Waals surface area contributed by atoms with Gasteiger partial charge in [0.05, 0.1) is 24.6 Å². The summed E-state index contributed by atoms with van der Waals surface area (Å²) in [5, 5.41) is 0.673. The minimum Gasteiger partial charge on any atom is -0.397 e. The first-order chi connectivity index (χ1) is 8.69. The second kappa shape index (κ2) is 4.61. The van der Waals surface area contributed by atoms with Crippen LogP contribution in [0.25, 0.3) is 0 Å². The Kier molecular flexibility index (Phi) is 3.09. The molecule has 2 aliphatic heterocycles. The second-order valence-electron chi connectivity index (χ2n) is 4.80. The lowest BCUT2D eigenvalue weighted by atomic mass is 10.0. The summed E-state index contributed by atoms with van der Waals surface area (Å²) in [4.78, 5) is 2.27. The van der Waals surface area contributed by atoms with Crippen LogP contribution in [0.5, 0.6) is 0 Å². The zero-order chi connectivity index (χ0) is 12.6. The molecule has 2 aliphatic rings. The molecule has 3 rings (SSSR count). The van der Waals surface area contributed by atoms with Gasteiger partial charge in [-0.2, -0.15) is 0 Å². The van der Waals surface area contributed by atoms with E-state index in [1.165, 1.54) is 0 Å². The maximum Gasteiger partial charge on any atom is 0.171 e. The normalized spacial score (nSPS) is 22.6. The molecule has 1 spiro atoms. The third-order valence-corrected chi connectivity index (χ3v) is 3.90. The van der Waals surface area contributed by atoms with Crippen molar-refractivity contribution in [2.24, 2.45) is 0 Å². The molecule has 0 aromatic heterocycles. The lowest BCUT2D eigenvalue weighted by Gasteiger charge is -2.39. The van der Waals surface area contributed by atoms with Crippen LogP contribution in [-0.4, -0.2) is 32.1 Å². The largest absolute Gasteiger partial charge is 0.397 e. The molecule has 0 aliphatic carbocycles. The maximum atomic E-state index is 6.01. The van der Waals surface area contributed by atoms with Crippen molar-refractivity contribution in [1.29, 1.82) is 0 Å². The highest BCUT2D eigenvalue weighted by molar-refractivity contribution is 6.31. The zero-order valence-corrected chi connectivity index (χ0v) is 10.9. The van der Waals surface area contributed by atoms with Gasteiger partial charge in [-0.25, -0.2) is 0 Å². The Morgan fingerprint density at radius 3 is 2.44 bits per heavy atom. The summed E-state index contributed by atoms with van der Waals surface area (Å²) in [6.45, 7) is 3.21. The number of hydrogen-bond donors (Lipinski definition) is 1. The fourth-order valence-corrected chi connectivity index (χ4v) is 2.87. The van der Waals surface area contributed by atoms with Crippen LogP contribution in [0.3, 0.4) is 0 Å². The smallest absolute Gasteiger partial charge is 0.171 e. The standard InChI is InChI=1S/C13H17ClN2O2/c14-10-1-2-12(11(15)9-10)16-5-3-13(4-6-16)17-7-8-18-13/h1-2,9H,3-8,15H2. The Bertz CT molecular complexity index is 437. The fraction of sp³-hybridized carbons (Fsp3) is 0.538. The highest BCUT2D eigenvalue weighted by Gasteiger charge is 2.39. The van der Waals surface area contributed by atoms with E-state index < -0.39 is 0 Å². The molecule has 4 nitrogen and oxygen atoms in total. The Morgan fingerprint density at radius 2 is 1.83 bits per heavy atom. The molecular weight excluding hydrogens is 252 g/mol. The minimum absolute atomic E-state index is 0.336. The Hall–Kier alpha value is -0.970. The van der Waals surface area contributed by atoms with Crippen molar-refractivity contribution in [3.63, 3.8) is 0 Å². The molecule has 0 atom stereocenters.